The van der Waals surface area contributed by atoms with Crippen LogP contribution in [-0.2, 0) is 17.4 Å². The molecule has 0 aliphatic carbocycles. The van der Waals surface area contributed by atoms with E-state index in [9.17, 15) is 18.0 Å². The van der Waals surface area contributed by atoms with Crippen molar-refractivity contribution in [3.8, 4) is 11.5 Å². The Bertz CT molecular complexity index is 699. The van der Waals surface area contributed by atoms with E-state index in [4.69, 9.17) is 21.4 Å². The summed E-state index contributed by atoms with van der Waals surface area (Å²) in [7, 11) is 0. The molecule has 0 radical (unpaired) electrons. The lowest BCUT2D eigenvalue weighted by Gasteiger charge is -2.11. The monoisotopic (exact) mass is 330 g/mol. The second kappa shape index (κ2) is 6.27. The predicted octanol–water partition coefficient (Wildman–Crippen LogP) is 4.78. The number of ether oxygens (including phenoxy) is 1. The Morgan fingerprint density at radius 1 is 1.14 bits per heavy atom. The second-order valence-electron chi connectivity index (χ2n) is 4.45. The molecule has 0 aromatic heterocycles. The molecule has 0 aliphatic heterocycles. The Balaban J connectivity index is 2.21. The summed E-state index contributed by atoms with van der Waals surface area (Å²) in [5.41, 5.74) is -0.427. The average molecular weight is 331 g/mol. The molecule has 0 fully saturated rings. The van der Waals surface area contributed by atoms with Crippen LogP contribution in [-0.4, -0.2) is 11.1 Å². The van der Waals surface area contributed by atoms with Crippen LogP contribution in [0.3, 0.4) is 0 Å². The van der Waals surface area contributed by atoms with Gasteiger partial charge in [-0.1, -0.05) is 23.7 Å². The summed E-state index contributed by atoms with van der Waals surface area (Å²) in [5, 5.41) is 8.88. The fourth-order valence-electron chi connectivity index (χ4n) is 1.77. The third-order valence-electron chi connectivity index (χ3n) is 2.76. The number of rotatable bonds is 4. The number of alkyl halides is 3. The van der Waals surface area contributed by atoms with Gasteiger partial charge in [-0.15, -0.1) is 0 Å². The molecule has 0 saturated carbocycles. The number of hydrogen-bond acceptors (Lipinski definition) is 2. The molecule has 2 aromatic rings. The van der Waals surface area contributed by atoms with Crippen LogP contribution in [0.2, 0.25) is 5.02 Å². The van der Waals surface area contributed by atoms with Crippen LogP contribution >= 0.6 is 11.6 Å². The van der Waals surface area contributed by atoms with E-state index in [1.165, 1.54) is 30.3 Å². The lowest BCUT2D eigenvalue weighted by atomic mass is 10.1. The van der Waals surface area contributed by atoms with Crippen LogP contribution in [0.1, 0.15) is 11.1 Å². The number of aliphatic carboxylic acids is 1. The molecule has 116 valence electrons. The smallest absolute Gasteiger partial charge is 0.416 e. The van der Waals surface area contributed by atoms with E-state index in [-0.39, 0.29) is 22.9 Å². The van der Waals surface area contributed by atoms with E-state index in [0.717, 1.165) is 12.1 Å². The number of halogens is 4. The molecule has 0 heterocycles. The highest BCUT2D eigenvalue weighted by Crippen LogP contribution is 2.33. The number of carboxylic acids is 1. The molecule has 2 rings (SSSR count). The van der Waals surface area contributed by atoms with Gasteiger partial charge in [0.05, 0.1) is 12.0 Å². The summed E-state index contributed by atoms with van der Waals surface area (Å²) < 4.78 is 43.2. The number of carbonyl (C=O) groups is 1. The molecule has 0 aliphatic rings. The van der Waals surface area contributed by atoms with Crippen molar-refractivity contribution in [2.75, 3.05) is 0 Å². The van der Waals surface area contributed by atoms with Gasteiger partial charge in [-0.3, -0.25) is 4.79 Å². The highest BCUT2D eigenvalue weighted by molar-refractivity contribution is 6.31. The molecule has 1 N–H and O–H groups in total. The summed E-state index contributed by atoms with van der Waals surface area (Å²) in [6.45, 7) is 0. The lowest BCUT2D eigenvalue weighted by Crippen LogP contribution is -2.04. The van der Waals surface area contributed by atoms with E-state index in [1.54, 1.807) is 0 Å². The standard InChI is InChI=1S/C15H10ClF3O3/c16-13-8-12(5-4-9(13)6-14(20)21)22-11-3-1-2-10(7-11)15(17,18)19/h1-5,7-8H,6H2,(H,20,21). The maximum atomic E-state index is 12.6. The Hall–Kier alpha value is -2.21. The van der Waals surface area contributed by atoms with Crippen molar-refractivity contribution in [1.82, 2.24) is 0 Å². The maximum Gasteiger partial charge on any atom is 0.416 e. The third-order valence-corrected chi connectivity index (χ3v) is 3.12. The number of hydrogen-bond donors (Lipinski definition) is 1. The van der Waals surface area contributed by atoms with Crippen LogP contribution in [0.5, 0.6) is 11.5 Å². The van der Waals surface area contributed by atoms with Gasteiger partial charge in [-0.05, 0) is 35.9 Å². The minimum atomic E-state index is -4.46. The molecule has 22 heavy (non-hydrogen) atoms. The zero-order valence-corrected chi connectivity index (χ0v) is 11.8. The van der Waals surface area contributed by atoms with Crippen molar-refractivity contribution in [3.63, 3.8) is 0 Å². The van der Waals surface area contributed by atoms with Crippen LogP contribution in [0, 0.1) is 0 Å². The average Bonchev–Trinajstić information content (AvgIpc) is 2.41. The van der Waals surface area contributed by atoms with Crippen molar-refractivity contribution in [2.24, 2.45) is 0 Å². The van der Waals surface area contributed by atoms with E-state index >= 15 is 0 Å². The van der Waals surface area contributed by atoms with Crippen molar-refractivity contribution in [1.29, 1.82) is 0 Å². The molecular weight excluding hydrogens is 321 g/mol. The number of carboxylic acid groups (broad SMARTS) is 1. The van der Waals surface area contributed by atoms with Gasteiger partial charge in [0.1, 0.15) is 11.5 Å². The fraction of sp³-hybridized carbons (Fsp3) is 0.133. The summed E-state index contributed by atoms with van der Waals surface area (Å²) in [4.78, 5) is 10.6. The molecule has 0 spiro atoms. The van der Waals surface area contributed by atoms with Crippen molar-refractivity contribution in [2.45, 2.75) is 12.6 Å². The molecule has 2 aromatic carbocycles. The lowest BCUT2D eigenvalue weighted by molar-refractivity contribution is -0.138. The van der Waals surface area contributed by atoms with Gasteiger partial charge < -0.3 is 9.84 Å². The summed E-state index contributed by atoms with van der Waals surface area (Å²) in [5.74, 6) is -0.802. The fourth-order valence-corrected chi connectivity index (χ4v) is 2.01. The molecule has 0 amide bonds. The van der Waals surface area contributed by atoms with Crippen molar-refractivity contribution >= 4 is 17.6 Å². The first kappa shape index (κ1) is 16.2. The Kier molecular flexibility index (Phi) is 4.61. The Morgan fingerprint density at radius 3 is 2.41 bits per heavy atom. The first-order valence-corrected chi connectivity index (χ1v) is 6.49. The highest BCUT2D eigenvalue weighted by atomic mass is 35.5. The predicted molar refractivity (Wildman–Crippen MR) is 74.3 cm³/mol. The van der Waals surface area contributed by atoms with Crippen molar-refractivity contribution in [3.05, 3.63) is 58.6 Å². The summed E-state index contributed by atoms with van der Waals surface area (Å²) in [6.07, 6.45) is -4.70. The molecule has 0 bridgehead atoms. The van der Waals surface area contributed by atoms with E-state index in [0.29, 0.717) is 5.56 Å². The minimum absolute atomic E-state index is 0.0110. The normalized spacial score (nSPS) is 11.3. The number of benzene rings is 2. The van der Waals surface area contributed by atoms with Crippen LogP contribution in [0.15, 0.2) is 42.5 Å². The summed E-state index contributed by atoms with van der Waals surface area (Å²) in [6, 6.07) is 8.70. The maximum absolute atomic E-state index is 12.6. The minimum Gasteiger partial charge on any atom is -0.481 e. The van der Waals surface area contributed by atoms with Crippen LogP contribution in [0.4, 0.5) is 13.2 Å². The second-order valence-corrected chi connectivity index (χ2v) is 4.86. The van der Waals surface area contributed by atoms with Gasteiger partial charge in [0.25, 0.3) is 0 Å². The Labute approximate surface area is 128 Å². The van der Waals surface area contributed by atoms with Crippen LogP contribution < -0.4 is 4.74 Å². The highest BCUT2D eigenvalue weighted by Gasteiger charge is 2.30. The first-order chi connectivity index (χ1) is 10.3. The van der Waals surface area contributed by atoms with E-state index in [2.05, 4.69) is 0 Å². The SMILES string of the molecule is O=C(O)Cc1ccc(Oc2cccc(C(F)(F)F)c2)cc1Cl. The molecule has 0 unspecified atom stereocenters. The molecule has 0 atom stereocenters. The topological polar surface area (TPSA) is 46.5 Å². The van der Waals surface area contributed by atoms with Crippen LogP contribution in [0.25, 0.3) is 0 Å². The third kappa shape index (κ3) is 4.14. The van der Waals surface area contributed by atoms with Gasteiger partial charge in [0.15, 0.2) is 0 Å². The molecule has 7 heteroatoms. The van der Waals surface area contributed by atoms with Gasteiger partial charge in [-0.2, -0.15) is 13.2 Å². The first-order valence-electron chi connectivity index (χ1n) is 6.11. The molecule has 0 saturated heterocycles. The molecular formula is C15H10ClF3O3. The van der Waals surface area contributed by atoms with E-state index in [1.807, 2.05) is 0 Å². The van der Waals surface area contributed by atoms with Gasteiger partial charge >= 0.3 is 12.1 Å². The van der Waals surface area contributed by atoms with Gasteiger partial charge in [0.2, 0.25) is 0 Å². The summed E-state index contributed by atoms with van der Waals surface area (Å²) >= 11 is 5.92. The van der Waals surface area contributed by atoms with Gasteiger partial charge in [0, 0.05) is 5.02 Å². The largest absolute Gasteiger partial charge is 0.481 e. The Morgan fingerprint density at radius 2 is 1.82 bits per heavy atom. The van der Waals surface area contributed by atoms with Gasteiger partial charge in [-0.25, -0.2) is 0 Å². The zero-order chi connectivity index (χ0) is 16.3. The quantitative estimate of drug-likeness (QED) is 0.877. The zero-order valence-electron chi connectivity index (χ0n) is 11.0. The molecule has 3 nitrogen and oxygen atoms in total. The van der Waals surface area contributed by atoms with Crippen molar-refractivity contribution < 1.29 is 27.8 Å². The van der Waals surface area contributed by atoms with E-state index < -0.39 is 17.7 Å².